The second-order valence-electron chi connectivity index (χ2n) is 11.8. The molecule has 0 spiro atoms. The number of benzene rings is 3. The molecule has 0 amide bonds. The number of rotatable bonds is 27. The fourth-order valence-corrected chi connectivity index (χ4v) is 4.95. The van der Waals surface area contributed by atoms with Gasteiger partial charge in [-0.25, -0.2) is 0 Å². The van der Waals surface area contributed by atoms with Crippen LogP contribution >= 0.6 is 0 Å². The summed E-state index contributed by atoms with van der Waals surface area (Å²) in [6, 6.07) is 26.5. The van der Waals surface area contributed by atoms with Crippen LogP contribution < -0.4 is 49.1 Å². The summed E-state index contributed by atoms with van der Waals surface area (Å²) in [5.74, 6) is 0. The second-order valence-corrected chi connectivity index (χ2v) is 11.8. The average Bonchev–Trinajstić information content (AvgIpc) is 3.09. The van der Waals surface area contributed by atoms with Crippen LogP contribution in [0, 0.1) is 0 Å². The van der Waals surface area contributed by atoms with Gasteiger partial charge in [-0.1, -0.05) is 72.8 Å². The SMILES string of the molecule is NCCCNCc1ccc(CNCN(CNCc2ccc(CNCCCN)cc2)CNCc2ccc(CNCCCN)cc2)cc1. The molecular weight excluding hydrogens is 572 g/mol. The van der Waals surface area contributed by atoms with Gasteiger partial charge >= 0.3 is 0 Å². The third kappa shape index (κ3) is 16.7. The summed E-state index contributed by atoms with van der Waals surface area (Å²) in [4.78, 5) is 2.36. The Hall–Kier alpha value is -2.74. The first kappa shape index (κ1) is 37.7. The van der Waals surface area contributed by atoms with Crippen LogP contribution in [0.25, 0.3) is 0 Å². The quantitative estimate of drug-likeness (QED) is 0.0450. The van der Waals surface area contributed by atoms with E-state index in [1.807, 2.05) is 0 Å². The normalized spacial score (nSPS) is 11.5. The molecule has 3 rings (SSSR count). The Morgan fingerprint density at radius 3 is 0.783 bits per heavy atom. The van der Waals surface area contributed by atoms with E-state index in [1.54, 1.807) is 0 Å². The summed E-state index contributed by atoms with van der Waals surface area (Å²) in [5.41, 5.74) is 24.5. The summed E-state index contributed by atoms with van der Waals surface area (Å²) >= 11 is 0. The van der Waals surface area contributed by atoms with Crippen LogP contribution in [0.2, 0.25) is 0 Å². The fourth-order valence-electron chi connectivity index (χ4n) is 4.95. The molecular formula is C36H60N10. The maximum atomic E-state index is 5.59. The zero-order valence-corrected chi connectivity index (χ0v) is 27.8. The van der Waals surface area contributed by atoms with E-state index in [0.29, 0.717) is 0 Å². The van der Waals surface area contributed by atoms with E-state index in [4.69, 9.17) is 17.2 Å². The lowest BCUT2D eigenvalue weighted by atomic mass is 10.1. The number of nitrogens with one attached hydrogen (secondary N) is 6. The Bertz CT molecular complexity index is 993. The topological polar surface area (TPSA) is 153 Å². The monoisotopic (exact) mass is 633 g/mol. The lowest BCUT2D eigenvalue weighted by molar-refractivity contribution is 0.214. The molecule has 0 fully saturated rings. The minimum Gasteiger partial charge on any atom is -0.330 e. The van der Waals surface area contributed by atoms with Gasteiger partial charge in [-0.15, -0.1) is 0 Å². The van der Waals surface area contributed by atoms with Gasteiger partial charge in [-0.05, 0) is 91.9 Å². The molecule has 0 saturated heterocycles. The molecule has 0 unspecified atom stereocenters. The molecule has 0 aromatic heterocycles. The van der Waals surface area contributed by atoms with Gasteiger partial charge < -0.3 is 49.1 Å². The molecule has 0 aliphatic heterocycles. The van der Waals surface area contributed by atoms with Crippen molar-refractivity contribution in [2.45, 2.75) is 58.5 Å². The maximum Gasteiger partial charge on any atom is 0.0507 e. The van der Waals surface area contributed by atoms with E-state index in [-0.39, 0.29) is 0 Å². The Morgan fingerprint density at radius 2 is 0.565 bits per heavy atom. The zero-order valence-electron chi connectivity index (χ0n) is 27.8. The molecule has 46 heavy (non-hydrogen) atoms. The van der Waals surface area contributed by atoms with Crippen molar-refractivity contribution < 1.29 is 0 Å². The van der Waals surface area contributed by atoms with Gasteiger partial charge in [0.2, 0.25) is 0 Å². The average molecular weight is 633 g/mol. The van der Waals surface area contributed by atoms with Crippen molar-refractivity contribution in [1.82, 2.24) is 36.8 Å². The van der Waals surface area contributed by atoms with E-state index in [9.17, 15) is 0 Å². The summed E-state index contributed by atoms with van der Waals surface area (Å²) in [6.45, 7) is 12.4. The first-order valence-corrected chi connectivity index (χ1v) is 17.0. The Balaban J connectivity index is 1.45. The predicted octanol–water partition coefficient (Wildman–Crippen LogP) is 1.85. The Kier molecular flexibility index (Phi) is 20.0. The fraction of sp³-hybridized carbons (Fsp3) is 0.500. The molecule has 12 N–H and O–H groups in total. The van der Waals surface area contributed by atoms with Crippen LogP contribution in [-0.2, 0) is 39.3 Å². The number of hydrogen-bond acceptors (Lipinski definition) is 10. The standard InChI is InChI=1S/C36H60N10/c37-16-1-19-40-22-31-4-10-34(11-5-31)25-43-28-46(29-44-26-35-12-6-32(7-13-35)23-41-20-2-17-38)30-45-27-36-14-8-33(9-15-36)24-42-21-3-18-39/h4-15,40-45H,1-3,16-30,37-39H2. The summed E-state index contributed by atoms with van der Waals surface area (Å²) in [5, 5.41) is 21.2. The second kappa shape index (κ2) is 24.4. The Morgan fingerprint density at radius 1 is 0.348 bits per heavy atom. The van der Waals surface area contributed by atoms with Crippen LogP contribution in [0.15, 0.2) is 72.8 Å². The molecule has 10 heteroatoms. The number of hydrogen-bond donors (Lipinski definition) is 9. The first-order chi connectivity index (χ1) is 22.7. The van der Waals surface area contributed by atoms with Crippen LogP contribution in [0.3, 0.4) is 0 Å². The van der Waals surface area contributed by atoms with Gasteiger partial charge in [0.25, 0.3) is 0 Å². The van der Waals surface area contributed by atoms with Gasteiger partial charge in [-0.3, -0.25) is 4.90 Å². The van der Waals surface area contributed by atoms with E-state index in [0.717, 1.165) is 118 Å². The molecule has 0 aliphatic rings. The summed E-state index contributed by atoms with van der Waals surface area (Å²) in [6.07, 6.45) is 3.01. The predicted molar refractivity (Wildman–Crippen MR) is 192 cm³/mol. The number of nitrogens with two attached hydrogens (primary N) is 3. The minimum absolute atomic E-state index is 0.724. The molecule has 0 heterocycles. The third-order valence-electron chi connectivity index (χ3n) is 7.72. The lowest BCUT2D eigenvalue weighted by Gasteiger charge is -2.24. The van der Waals surface area contributed by atoms with E-state index >= 15 is 0 Å². The van der Waals surface area contributed by atoms with E-state index < -0.39 is 0 Å². The largest absolute Gasteiger partial charge is 0.330 e. The van der Waals surface area contributed by atoms with Crippen LogP contribution in [-0.4, -0.2) is 64.2 Å². The highest BCUT2D eigenvalue weighted by Crippen LogP contribution is 2.07. The first-order valence-electron chi connectivity index (χ1n) is 17.0. The van der Waals surface area contributed by atoms with Crippen LogP contribution in [0.5, 0.6) is 0 Å². The van der Waals surface area contributed by atoms with Gasteiger partial charge in [-0.2, -0.15) is 0 Å². The molecule has 0 bridgehead atoms. The molecule has 254 valence electrons. The van der Waals surface area contributed by atoms with E-state index in [1.165, 1.54) is 33.4 Å². The zero-order chi connectivity index (χ0) is 32.5. The molecule has 0 atom stereocenters. The van der Waals surface area contributed by atoms with Crippen molar-refractivity contribution in [1.29, 1.82) is 0 Å². The van der Waals surface area contributed by atoms with Crippen molar-refractivity contribution in [3.63, 3.8) is 0 Å². The summed E-state index contributed by atoms with van der Waals surface area (Å²) in [7, 11) is 0. The minimum atomic E-state index is 0.724. The van der Waals surface area contributed by atoms with Crippen molar-refractivity contribution in [3.8, 4) is 0 Å². The Labute approximate surface area is 277 Å². The van der Waals surface area contributed by atoms with Crippen molar-refractivity contribution in [2.75, 3.05) is 59.3 Å². The highest BCUT2D eigenvalue weighted by molar-refractivity contribution is 5.24. The highest BCUT2D eigenvalue weighted by atomic mass is 15.3. The third-order valence-corrected chi connectivity index (χ3v) is 7.72. The van der Waals surface area contributed by atoms with Gasteiger partial charge in [0, 0.05) is 39.3 Å². The molecule has 0 saturated carbocycles. The maximum absolute atomic E-state index is 5.59. The van der Waals surface area contributed by atoms with Gasteiger partial charge in [0.1, 0.15) is 0 Å². The molecule has 3 aromatic rings. The van der Waals surface area contributed by atoms with Crippen molar-refractivity contribution >= 4 is 0 Å². The molecule has 0 radical (unpaired) electrons. The van der Waals surface area contributed by atoms with Crippen LogP contribution in [0.1, 0.15) is 52.6 Å². The van der Waals surface area contributed by atoms with E-state index in [2.05, 4.69) is 110 Å². The van der Waals surface area contributed by atoms with Crippen molar-refractivity contribution in [3.05, 3.63) is 106 Å². The van der Waals surface area contributed by atoms with Crippen LogP contribution in [0.4, 0.5) is 0 Å². The highest BCUT2D eigenvalue weighted by Gasteiger charge is 2.06. The lowest BCUT2D eigenvalue weighted by Crippen LogP contribution is -2.44. The summed E-state index contributed by atoms with van der Waals surface area (Å²) < 4.78 is 0. The van der Waals surface area contributed by atoms with Crippen molar-refractivity contribution in [2.24, 2.45) is 17.2 Å². The molecule has 10 nitrogen and oxygen atoms in total. The number of nitrogens with zero attached hydrogens (tertiary/aromatic N) is 1. The van der Waals surface area contributed by atoms with Gasteiger partial charge in [0.15, 0.2) is 0 Å². The molecule has 0 aliphatic carbocycles. The van der Waals surface area contributed by atoms with Gasteiger partial charge in [0.05, 0.1) is 20.0 Å². The molecule has 3 aromatic carbocycles. The smallest absolute Gasteiger partial charge is 0.0507 e.